The van der Waals surface area contributed by atoms with Crippen molar-refractivity contribution in [1.82, 2.24) is 0 Å². The molecular formula is C24H20Cl2O3P+. The fourth-order valence-corrected chi connectivity index (χ4v) is 5.85. The lowest BCUT2D eigenvalue weighted by atomic mass is 9.89. The van der Waals surface area contributed by atoms with Gasteiger partial charge in [0.25, 0.3) is 0 Å². The van der Waals surface area contributed by atoms with Gasteiger partial charge >= 0.3 is 13.3 Å². The van der Waals surface area contributed by atoms with E-state index in [9.17, 15) is 14.2 Å². The molecule has 3 nitrogen and oxygen atoms in total. The summed E-state index contributed by atoms with van der Waals surface area (Å²) in [5.41, 5.74) is 3.32. The summed E-state index contributed by atoms with van der Waals surface area (Å²) in [4.78, 5) is 26.4. The summed E-state index contributed by atoms with van der Waals surface area (Å²) in [7, 11) is -2.54. The Morgan fingerprint density at radius 2 is 1.27 bits per heavy atom. The van der Waals surface area contributed by atoms with Crippen LogP contribution in [0, 0.1) is 27.7 Å². The van der Waals surface area contributed by atoms with Crippen LogP contribution >= 0.6 is 31.0 Å². The van der Waals surface area contributed by atoms with Crippen molar-refractivity contribution in [2.24, 2.45) is 0 Å². The van der Waals surface area contributed by atoms with Crippen LogP contribution in [0.1, 0.15) is 48.5 Å². The number of carbonyl (C=O) groups excluding carboxylic acids is 2. The topological polar surface area (TPSA) is 51.2 Å². The zero-order chi connectivity index (χ0) is 22.2. The van der Waals surface area contributed by atoms with E-state index in [-0.39, 0.29) is 21.4 Å². The zero-order valence-electron chi connectivity index (χ0n) is 17.0. The number of carbonyl (C=O) groups is 2. The van der Waals surface area contributed by atoms with Crippen molar-refractivity contribution >= 4 is 47.6 Å². The van der Waals surface area contributed by atoms with Crippen molar-refractivity contribution in [2.45, 2.75) is 27.7 Å². The largest absolute Gasteiger partial charge is 0.459 e. The Bertz CT molecular complexity index is 1180. The van der Waals surface area contributed by atoms with Gasteiger partial charge in [0.1, 0.15) is 5.56 Å². The van der Waals surface area contributed by atoms with E-state index in [4.69, 9.17) is 23.2 Å². The number of halogens is 2. The predicted molar refractivity (Wildman–Crippen MR) is 123 cm³/mol. The monoisotopic (exact) mass is 457 g/mol. The molecule has 3 aromatic rings. The molecule has 0 aliphatic heterocycles. The van der Waals surface area contributed by atoms with Gasteiger partial charge in [-0.1, -0.05) is 64.2 Å². The van der Waals surface area contributed by atoms with Gasteiger partial charge in [0, 0.05) is 22.3 Å². The molecule has 30 heavy (non-hydrogen) atoms. The van der Waals surface area contributed by atoms with Gasteiger partial charge in [-0.05, 0) is 51.0 Å². The molecular weight excluding hydrogens is 438 g/mol. The van der Waals surface area contributed by atoms with Gasteiger partial charge in [0.15, 0.2) is 5.78 Å². The van der Waals surface area contributed by atoms with Crippen molar-refractivity contribution in [3.8, 4) is 0 Å². The molecule has 0 N–H and O–H groups in total. The van der Waals surface area contributed by atoms with Crippen LogP contribution < -0.4 is 5.30 Å². The Labute approximate surface area is 186 Å². The molecule has 0 fully saturated rings. The van der Waals surface area contributed by atoms with Gasteiger partial charge in [0.05, 0.1) is 10.0 Å². The molecule has 0 bridgehead atoms. The molecule has 0 aliphatic carbocycles. The second-order valence-electron chi connectivity index (χ2n) is 7.11. The van der Waals surface area contributed by atoms with Crippen molar-refractivity contribution < 1.29 is 14.2 Å². The van der Waals surface area contributed by atoms with Crippen LogP contribution in [0.4, 0.5) is 0 Å². The molecule has 3 rings (SSSR count). The minimum absolute atomic E-state index is 0.0370. The molecule has 0 spiro atoms. The molecule has 0 heterocycles. The van der Waals surface area contributed by atoms with E-state index in [1.807, 2.05) is 26.8 Å². The SMILES string of the molecule is Cc1c(C)c(C(=O)c2ccccc2)c(C)c([P+](=O)C(=O)c2c(Cl)cccc2Cl)c1C. The normalized spacial score (nSPS) is 11.3. The molecule has 0 aromatic heterocycles. The Balaban J connectivity index is 2.21. The molecule has 0 saturated heterocycles. The minimum Gasteiger partial charge on any atom is -0.289 e. The Morgan fingerprint density at radius 3 is 1.83 bits per heavy atom. The van der Waals surface area contributed by atoms with Crippen LogP contribution in [-0.2, 0) is 4.57 Å². The van der Waals surface area contributed by atoms with Crippen LogP contribution in [0.15, 0.2) is 48.5 Å². The first kappa shape index (κ1) is 22.4. The Hall–Kier alpha value is -2.32. The van der Waals surface area contributed by atoms with E-state index in [2.05, 4.69) is 0 Å². The third-order valence-electron chi connectivity index (χ3n) is 5.41. The molecule has 6 heteroatoms. The third-order valence-corrected chi connectivity index (χ3v) is 7.71. The minimum atomic E-state index is -2.54. The number of hydrogen-bond donors (Lipinski definition) is 0. The Kier molecular flexibility index (Phi) is 6.57. The fraction of sp³-hybridized carbons (Fsp3) is 0.167. The van der Waals surface area contributed by atoms with E-state index in [0.29, 0.717) is 22.0 Å². The molecule has 0 radical (unpaired) electrons. The number of rotatable bonds is 5. The van der Waals surface area contributed by atoms with Crippen LogP contribution in [-0.4, -0.2) is 11.3 Å². The zero-order valence-corrected chi connectivity index (χ0v) is 19.5. The van der Waals surface area contributed by atoms with Crippen LogP contribution in [0.25, 0.3) is 0 Å². The van der Waals surface area contributed by atoms with E-state index < -0.39 is 13.3 Å². The van der Waals surface area contributed by atoms with Crippen molar-refractivity contribution in [1.29, 1.82) is 0 Å². The summed E-state index contributed by atoms with van der Waals surface area (Å²) in [6.07, 6.45) is 0. The second kappa shape index (κ2) is 8.81. The maximum atomic E-state index is 13.4. The lowest BCUT2D eigenvalue weighted by Crippen LogP contribution is -2.20. The maximum absolute atomic E-state index is 13.4. The molecule has 3 aromatic carbocycles. The average Bonchev–Trinajstić information content (AvgIpc) is 2.72. The predicted octanol–water partition coefficient (Wildman–Crippen LogP) is 6.75. The number of ketones is 1. The summed E-state index contributed by atoms with van der Waals surface area (Å²) in [5, 5.41) is 0.666. The molecule has 0 amide bonds. The van der Waals surface area contributed by atoms with Crippen molar-refractivity contribution in [3.05, 3.63) is 97.5 Å². The summed E-state index contributed by atoms with van der Waals surface area (Å²) >= 11 is 12.3. The van der Waals surface area contributed by atoms with Crippen LogP contribution in [0.5, 0.6) is 0 Å². The lowest BCUT2D eigenvalue weighted by Gasteiger charge is -2.15. The van der Waals surface area contributed by atoms with Gasteiger partial charge in [0.2, 0.25) is 5.30 Å². The molecule has 0 aliphatic rings. The molecule has 152 valence electrons. The van der Waals surface area contributed by atoms with Gasteiger partial charge in [-0.15, -0.1) is 0 Å². The lowest BCUT2D eigenvalue weighted by molar-refractivity contribution is 0.103. The van der Waals surface area contributed by atoms with E-state index in [0.717, 1.165) is 16.7 Å². The fourth-order valence-electron chi connectivity index (χ4n) is 3.61. The van der Waals surface area contributed by atoms with Gasteiger partial charge in [-0.25, -0.2) is 4.79 Å². The van der Waals surface area contributed by atoms with Crippen LogP contribution in [0.2, 0.25) is 10.0 Å². The smallest absolute Gasteiger partial charge is 0.289 e. The standard InChI is InChI=1S/C24H20Cl2O3P/c1-13-14(2)20(22(27)17-9-6-5-7-10-17)16(4)23(15(13)3)30(29)24(28)21-18(25)11-8-12-19(21)26/h5-12H,1-4H3/q+1. The van der Waals surface area contributed by atoms with E-state index in [1.165, 1.54) is 12.1 Å². The highest BCUT2D eigenvalue weighted by molar-refractivity contribution is 7.71. The first-order chi connectivity index (χ1) is 14.2. The highest BCUT2D eigenvalue weighted by Crippen LogP contribution is 2.38. The highest BCUT2D eigenvalue weighted by Gasteiger charge is 2.40. The van der Waals surface area contributed by atoms with Gasteiger partial charge < -0.3 is 0 Å². The molecule has 0 saturated carbocycles. The summed E-state index contributed by atoms with van der Waals surface area (Å²) in [6.45, 7) is 7.29. The van der Waals surface area contributed by atoms with Crippen molar-refractivity contribution in [3.63, 3.8) is 0 Å². The van der Waals surface area contributed by atoms with Gasteiger partial charge in [-0.2, -0.15) is 0 Å². The number of hydrogen-bond acceptors (Lipinski definition) is 3. The average molecular weight is 458 g/mol. The third kappa shape index (κ3) is 3.86. The summed E-state index contributed by atoms with van der Waals surface area (Å²) < 4.78 is 13.4. The second-order valence-corrected chi connectivity index (χ2v) is 9.37. The molecule has 1 unspecified atom stereocenters. The van der Waals surface area contributed by atoms with Crippen molar-refractivity contribution in [2.75, 3.05) is 0 Å². The van der Waals surface area contributed by atoms with E-state index in [1.54, 1.807) is 37.3 Å². The maximum Gasteiger partial charge on any atom is 0.459 e. The Morgan fingerprint density at radius 1 is 0.700 bits per heavy atom. The number of benzene rings is 3. The highest BCUT2D eigenvalue weighted by atomic mass is 35.5. The quantitative estimate of drug-likeness (QED) is 0.314. The van der Waals surface area contributed by atoms with E-state index >= 15 is 0 Å². The molecule has 1 atom stereocenters. The summed E-state index contributed by atoms with van der Waals surface area (Å²) in [5.74, 6) is -0.165. The van der Waals surface area contributed by atoms with Gasteiger partial charge in [-0.3, -0.25) is 4.79 Å². The first-order valence-electron chi connectivity index (χ1n) is 9.32. The first-order valence-corrected chi connectivity index (χ1v) is 11.3. The van der Waals surface area contributed by atoms with Crippen LogP contribution in [0.3, 0.4) is 0 Å². The summed E-state index contributed by atoms with van der Waals surface area (Å²) in [6, 6.07) is 13.6.